The van der Waals surface area contributed by atoms with Gasteiger partial charge in [-0.15, -0.1) is 0 Å². The maximum atomic E-state index is 13.6. The van der Waals surface area contributed by atoms with E-state index in [2.05, 4.69) is 0 Å². The number of rotatable bonds is 4. The number of aromatic nitrogens is 1. The van der Waals surface area contributed by atoms with Crippen LogP contribution in [0.25, 0.3) is 17.0 Å². The van der Waals surface area contributed by atoms with E-state index in [0.717, 1.165) is 5.39 Å². The predicted molar refractivity (Wildman–Crippen MR) is 140 cm³/mol. The normalized spacial score (nSPS) is 17.1. The van der Waals surface area contributed by atoms with Crippen LogP contribution in [-0.4, -0.2) is 30.5 Å². The molecule has 0 N–H and O–H groups in total. The summed E-state index contributed by atoms with van der Waals surface area (Å²) in [6.07, 6.45) is 1.56. The summed E-state index contributed by atoms with van der Waals surface area (Å²) in [5.74, 6) is 0.479. The average molecular weight is 510 g/mol. The van der Waals surface area contributed by atoms with Gasteiger partial charge in [-0.1, -0.05) is 18.2 Å². The first-order chi connectivity index (χ1) is 18.4. The minimum absolute atomic E-state index is 0.0660. The number of fused-ring (bicyclic) bond motifs is 4. The summed E-state index contributed by atoms with van der Waals surface area (Å²) in [7, 11) is 4.80. The van der Waals surface area contributed by atoms with Crippen molar-refractivity contribution >= 4 is 28.7 Å². The Balaban J connectivity index is 1.51. The lowest BCUT2D eigenvalue weighted by Crippen LogP contribution is -2.29. The molecule has 0 spiro atoms. The highest BCUT2D eigenvalue weighted by Crippen LogP contribution is 2.48. The van der Waals surface area contributed by atoms with Crippen LogP contribution in [0.5, 0.6) is 23.0 Å². The first-order valence-electron chi connectivity index (χ1n) is 12.0. The lowest BCUT2D eigenvalue weighted by molar-refractivity contribution is -0.135. The number of benzene rings is 3. The Kier molecular flexibility index (Phi) is 5.52. The molecule has 0 fully saturated rings. The first kappa shape index (κ1) is 23.5. The van der Waals surface area contributed by atoms with Gasteiger partial charge in [-0.25, -0.2) is 0 Å². The fourth-order valence-electron chi connectivity index (χ4n) is 5.14. The molecule has 38 heavy (non-hydrogen) atoms. The second-order valence-electron chi connectivity index (χ2n) is 9.16. The molecule has 8 nitrogen and oxygen atoms in total. The zero-order valence-electron chi connectivity index (χ0n) is 20.9. The van der Waals surface area contributed by atoms with Gasteiger partial charge in [-0.3, -0.25) is 14.4 Å². The molecule has 190 valence electrons. The number of hydrogen-bond acceptors (Lipinski definition) is 7. The summed E-state index contributed by atoms with van der Waals surface area (Å²) in [6, 6.07) is 17.7. The van der Waals surface area contributed by atoms with Crippen molar-refractivity contribution < 1.29 is 28.5 Å². The highest BCUT2D eigenvalue weighted by Gasteiger charge is 2.39. The van der Waals surface area contributed by atoms with Crippen molar-refractivity contribution in [1.82, 2.24) is 4.57 Å². The molecule has 0 aliphatic carbocycles. The molecule has 0 saturated heterocycles. The molecule has 2 aliphatic rings. The Morgan fingerprint density at radius 1 is 0.947 bits per heavy atom. The number of methoxy groups -OCH3 is 2. The minimum Gasteiger partial charge on any atom is -0.497 e. The molecule has 0 saturated carbocycles. The highest BCUT2D eigenvalue weighted by atomic mass is 16.5. The van der Waals surface area contributed by atoms with E-state index in [1.54, 1.807) is 57.7 Å². The van der Waals surface area contributed by atoms with Crippen LogP contribution < -0.4 is 24.5 Å². The van der Waals surface area contributed by atoms with E-state index < -0.39 is 11.9 Å². The molecule has 4 aromatic rings. The summed E-state index contributed by atoms with van der Waals surface area (Å²) >= 11 is 0. The second kappa shape index (κ2) is 8.92. The van der Waals surface area contributed by atoms with Gasteiger partial charge in [0.1, 0.15) is 23.0 Å². The Bertz CT molecular complexity index is 1750. The van der Waals surface area contributed by atoms with Crippen molar-refractivity contribution in [2.45, 2.75) is 12.3 Å². The van der Waals surface area contributed by atoms with Crippen LogP contribution in [0.3, 0.4) is 0 Å². The Morgan fingerprint density at radius 2 is 1.76 bits per heavy atom. The first-order valence-corrected chi connectivity index (χ1v) is 12.0. The van der Waals surface area contributed by atoms with Gasteiger partial charge in [-0.05, 0) is 47.9 Å². The molecule has 1 atom stereocenters. The van der Waals surface area contributed by atoms with Crippen LogP contribution in [0.2, 0.25) is 0 Å². The number of aryl methyl sites for hydroxylation is 1. The number of hydrogen-bond donors (Lipinski definition) is 0. The van der Waals surface area contributed by atoms with E-state index in [-0.39, 0.29) is 29.3 Å². The van der Waals surface area contributed by atoms with E-state index in [1.165, 1.54) is 4.57 Å². The number of nitrogens with zero attached hydrogens (tertiary/aromatic N) is 1. The SMILES string of the molecule is COc1ccc2cc([C@@H]3CC(=O)Oc4ccc5c(c43)O/C(=C\c3ccccc3OC)C5=O)c(=O)n(C)c2c1. The number of para-hydroxylation sites is 1. The number of ketones is 1. The van der Waals surface area contributed by atoms with Crippen LogP contribution in [0.4, 0.5) is 0 Å². The Hall–Kier alpha value is -4.85. The number of esters is 1. The van der Waals surface area contributed by atoms with Crippen LogP contribution in [-0.2, 0) is 11.8 Å². The monoisotopic (exact) mass is 509 g/mol. The molecule has 0 radical (unpaired) electrons. The molecule has 3 heterocycles. The zero-order chi connectivity index (χ0) is 26.6. The highest BCUT2D eigenvalue weighted by molar-refractivity contribution is 6.15. The minimum atomic E-state index is -0.662. The number of Topliss-reactive ketones (excluding diaryl/α,β-unsaturated/α-hetero) is 1. The number of ether oxygens (including phenoxy) is 4. The topological polar surface area (TPSA) is 93.1 Å². The maximum absolute atomic E-state index is 13.6. The second-order valence-corrected chi connectivity index (χ2v) is 9.16. The number of carbonyl (C=O) groups excluding carboxylic acids is 2. The van der Waals surface area contributed by atoms with Crippen LogP contribution in [0.1, 0.15) is 39.4 Å². The summed E-state index contributed by atoms with van der Waals surface area (Å²) in [5.41, 5.74) is 2.38. The van der Waals surface area contributed by atoms with Crippen molar-refractivity contribution in [2.24, 2.45) is 7.05 Å². The fraction of sp³-hybridized carbons (Fsp3) is 0.167. The summed E-state index contributed by atoms with van der Waals surface area (Å²) in [4.78, 5) is 39.5. The lowest BCUT2D eigenvalue weighted by atomic mass is 9.84. The van der Waals surface area contributed by atoms with E-state index in [4.69, 9.17) is 18.9 Å². The van der Waals surface area contributed by atoms with Crippen LogP contribution in [0, 0.1) is 0 Å². The number of allylic oxidation sites excluding steroid dienone is 1. The van der Waals surface area contributed by atoms with Gasteiger partial charge in [0.15, 0.2) is 5.76 Å². The third-order valence-corrected chi connectivity index (χ3v) is 7.04. The number of carbonyl (C=O) groups is 2. The Labute approximate surface area is 217 Å². The lowest BCUT2D eigenvalue weighted by Gasteiger charge is -2.26. The molecule has 1 aromatic heterocycles. The fourth-order valence-corrected chi connectivity index (χ4v) is 5.14. The van der Waals surface area contributed by atoms with Crippen molar-refractivity contribution in [2.75, 3.05) is 14.2 Å². The molecule has 2 aliphatic heterocycles. The van der Waals surface area contributed by atoms with Gasteiger partial charge in [0.2, 0.25) is 5.78 Å². The van der Waals surface area contributed by atoms with Gasteiger partial charge in [0.05, 0.1) is 31.7 Å². The van der Waals surface area contributed by atoms with Crippen molar-refractivity contribution in [3.63, 3.8) is 0 Å². The Morgan fingerprint density at radius 3 is 2.55 bits per heavy atom. The third-order valence-electron chi connectivity index (χ3n) is 7.04. The van der Waals surface area contributed by atoms with Crippen molar-refractivity contribution in [3.05, 3.63) is 99.0 Å². The smallest absolute Gasteiger partial charge is 0.312 e. The zero-order valence-corrected chi connectivity index (χ0v) is 20.9. The molecule has 0 bridgehead atoms. The van der Waals surface area contributed by atoms with E-state index in [9.17, 15) is 14.4 Å². The van der Waals surface area contributed by atoms with Crippen molar-refractivity contribution in [3.8, 4) is 23.0 Å². The third kappa shape index (κ3) is 3.64. The molecule has 8 heteroatoms. The van der Waals surface area contributed by atoms with Crippen LogP contribution in [0.15, 0.2) is 71.2 Å². The van der Waals surface area contributed by atoms with Crippen LogP contribution >= 0.6 is 0 Å². The van der Waals surface area contributed by atoms with Crippen molar-refractivity contribution in [1.29, 1.82) is 0 Å². The van der Waals surface area contributed by atoms with Gasteiger partial charge in [0, 0.05) is 35.7 Å². The standard InChI is InChI=1S/C30H23NO7/c1-31-22-14-18(35-2)9-8-16(22)12-21(30(31)34)20-15-26(32)37-24-11-10-19-28(33)25(38-29(19)27(20)24)13-17-6-4-5-7-23(17)36-3/h4-14,20H,15H2,1-3H3/b25-13-/t20-/m0/s1. The number of pyridine rings is 1. The van der Waals surface area contributed by atoms with Gasteiger partial charge in [-0.2, -0.15) is 0 Å². The average Bonchev–Trinajstić information content (AvgIpc) is 3.25. The molecule has 3 aromatic carbocycles. The summed E-state index contributed by atoms with van der Waals surface area (Å²) in [6.45, 7) is 0. The van der Waals surface area contributed by atoms with Gasteiger partial charge >= 0.3 is 5.97 Å². The van der Waals surface area contributed by atoms with E-state index in [1.807, 2.05) is 30.3 Å². The van der Waals surface area contributed by atoms with E-state index in [0.29, 0.717) is 45.0 Å². The molecule has 6 rings (SSSR count). The summed E-state index contributed by atoms with van der Waals surface area (Å²) in [5, 5.41) is 0.810. The molecular formula is C30H23NO7. The van der Waals surface area contributed by atoms with Gasteiger partial charge in [0.25, 0.3) is 5.56 Å². The largest absolute Gasteiger partial charge is 0.497 e. The molecular weight excluding hydrogens is 486 g/mol. The predicted octanol–water partition coefficient (Wildman–Crippen LogP) is 4.61. The molecule has 0 amide bonds. The quantitative estimate of drug-likeness (QED) is 0.225. The summed E-state index contributed by atoms with van der Waals surface area (Å²) < 4.78 is 23.9. The van der Waals surface area contributed by atoms with E-state index >= 15 is 0 Å². The molecule has 0 unspecified atom stereocenters. The van der Waals surface area contributed by atoms with Gasteiger partial charge < -0.3 is 23.5 Å². The maximum Gasteiger partial charge on any atom is 0.312 e.